The van der Waals surface area contributed by atoms with E-state index in [1.807, 2.05) is 0 Å². The summed E-state index contributed by atoms with van der Waals surface area (Å²) in [6.07, 6.45) is 4.59. The van der Waals surface area contributed by atoms with Crippen LogP contribution in [-0.2, 0) is 4.79 Å². The summed E-state index contributed by atoms with van der Waals surface area (Å²) < 4.78 is 0. The van der Waals surface area contributed by atoms with Crippen LogP contribution < -0.4 is 0 Å². The van der Waals surface area contributed by atoms with Crippen LogP contribution in [0.4, 0.5) is 0 Å². The molecule has 0 radical (unpaired) electrons. The molecule has 0 aromatic carbocycles. The molecule has 0 aromatic heterocycles. The van der Waals surface area contributed by atoms with Crippen molar-refractivity contribution in [1.29, 1.82) is 0 Å². The summed E-state index contributed by atoms with van der Waals surface area (Å²) in [4.78, 5) is 10.8. The van der Waals surface area contributed by atoms with Crippen molar-refractivity contribution in [3.8, 4) is 0 Å². The van der Waals surface area contributed by atoms with Crippen LogP contribution in [0.25, 0.3) is 0 Å². The Morgan fingerprint density at radius 3 is 2.64 bits per heavy atom. The third kappa shape index (κ3) is 3.31. The van der Waals surface area contributed by atoms with Crippen molar-refractivity contribution in [3.05, 3.63) is 0 Å². The number of hydrogen-bond acceptors (Lipinski definition) is 3. The van der Waals surface area contributed by atoms with Gasteiger partial charge >= 0.3 is 13.1 Å². The van der Waals surface area contributed by atoms with Gasteiger partial charge in [0.15, 0.2) is 0 Å². The minimum atomic E-state index is -1.25. The molecule has 0 saturated heterocycles. The first-order valence-electron chi connectivity index (χ1n) is 5.20. The van der Waals surface area contributed by atoms with Crippen molar-refractivity contribution in [2.75, 3.05) is 0 Å². The molecule has 5 heteroatoms. The van der Waals surface area contributed by atoms with Gasteiger partial charge in [-0.25, -0.2) is 0 Å². The Morgan fingerprint density at radius 1 is 1.36 bits per heavy atom. The van der Waals surface area contributed by atoms with Crippen LogP contribution in [0.5, 0.6) is 0 Å². The predicted molar refractivity (Wildman–Crippen MR) is 52.7 cm³/mol. The molecule has 0 amide bonds. The summed E-state index contributed by atoms with van der Waals surface area (Å²) in [7, 11) is -1.25. The van der Waals surface area contributed by atoms with Crippen LogP contribution in [0.2, 0.25) is 6.32 Å². The smallest absolute Gasteiger partial charge is 0.451 e. The lowest BCUT2D eigenvalue weighted by Crippen LogP contribution is -2.19. The van der Waals surface area contributed by atoms with Gasteiger partial charge in [-0.15, -0.1) is 0 Å². The number of carboxylic acids is 1. The van der Waals surface area contributed by atoms with Gasteiger partial charge in [-0.2, -0.15) is 0 Å². The Balaban J connectivity index is 2.26. The van der Waals surface area contributed by atoms with Crippen LogP contribution >= 0.6 is 0 Å². The van der Waals surface area contributed by atoms with Gasteiger partial charge in [-0.05, 0) is 25.1 Å². The van der Waals surface area contributed by atoms with Crippen LogP contribution in [-0.4, -0.2) is 28.2 Å². The van der Waals surface area contributed by atoms with Gasteiger partial charge in [0.1, 0.15) is 0 Å². The van der Waals surface area contributed by atoms with E-state index in [0.717, 1.165) is 25.7 Å². The highest BCUT2D eigenvalue weighted by molar-refractivity contribution is 6.40. The number of carbonyl (C=O) groups is 1. The molecule has 4 nitrogen and oxygen atoms in total. The largest absolute Gasteiger partial charge is 0.481 e. The van der Waals surface area contributed by atoms with Crippen molar-refractivity contribution in [2.45, 2.75) is 38.4 Å². The average molecular weight is 200 g/mol. The summed E-state index contributed by atoms with van der Waals surface area (Å²) in [6, 6.07) is 0. The second-order valence-corrected chi connectivity index (χ2v) is 4.05. The second-order valence-electron chi connectivity index (χ2n) is 4.05. The van der Waals surface area contributed by atoms with Crippen LogP contribution in [0.3, 0.4) is 0 Å². The molecular weight excluding hydrogens is 183 g/mol. The molecule has 14 heavy (non-hydrogen) atoms. The number of carboxylic acid groups (broad SMARTS) is 1. The summed E-state index contributed by atoms with van der Waals surface area (Å²) in [5.41, 5.74) is 0. The van der Waals surface area contributed by atoms with E-state index in [1.54, 1.807) is 0 Å². The summed E-state index contributed by atoms with van der Waals surface area (Å²) >= 11 is 0. The van der Waals surface area contributed by atoms with E-state index in [9.17, 15) is 4.79 Å². The minimum Gasteiger partial charge on any atom is -0.481 e. The Morgan fingerprint density at radius 2 is 2.07 bits per heavy atom. The van der Waals surface area contributed by atoms with Gasteiger partial charge < -0.3 is 15.2 Å². The fraction of sp³-hybridized carbons (Fsp3) is 0.889. The maximum absolute atomic E-state index is 10.8. The lowest BCUT2D eigenvalue weighted by Gasteiger charge is -2.14. The van der Waals surface area contributed by atoms with E-state index in [-0.39, 0.29) is 11.8 Å². The van der Waals surface area contributed by atoms with Crippen molar-refractivity contribution in [3.63, 3.8) is 0 Å². The molecule has 1 fully saturated rings. The van der Waals surface area contributed by atoms with Gasteiger partial charge in [0.05, 0.1) is 5.92 Å². The zero-order chi connectivity index (χ0) is 10.6. The molecule has 1 aliphatic rings. The van der Waals surface area contributed by atoms with E-state index in [4.69, 9.17) is 15.2 Å². The van der Waals surface area contributed by atoms with E-state index in [1.165, 1.54) is 0 Å². The third-order valence-corrected chi connectivity index (χ3v) is 3.01. The van der Waals surface area contributed by atoms with Crippen molar-refractivity contribution in [2.24, 2.45) is 11.8 Å². The zero-order valence-corrected chi connectivity index (χ0v) is 8.22. The summed E-state index contributed by atoms with van der Waals surface area (Å²) in [5, 5.41) is 26.2. The molecule has 3 N–H and O–H groups in total. The first kappa shape index (κ1) is 11.5. The lowest BCUT2D eigenvalue weighted by atomic mass is 9.80. The van der Waals surface area contributed by atoms with Gasteiger partial charge in [0.2, 0.25) is 0 Å². The number of rotatable bonds is 5. The molecule has 1 saturated carbocycles. The first-order chi connectivity index (χ1) is 6.61. The van der Waals surface area contributed by atoms with E-state index in [2.05, 4.69) is 0 Å². The third-order valence-electron chi connectivity index (χ3n) is 3.01. The van der Waals surface area contributed by atoms with Gasteiger partial charge in [0, 0.05) is 0 Å². The van der Waals surface area contributed by atoms with Crippen LogP contribution in [0.15, 0.2) is 0 Å². The normalized spacial score (nSPS) is 26.4. The zero-order valence-electron chi connectivity index (χ0n) is 8.22. The molecule has 1 aliphatic carbocycles. The topological polar surface area (TPSA) is 77.8 Å². The highest BCUT2D eigenvalue weighted by Gasteiger charge is 2.32. The molecule has 80 valence electrons. The van der Waals surface area contributed by atoms with Crippen molar-refractivity contribution in [1.82, 2.24) is 0 Å². The second kappa shape index (κ2) is 5.36. The monoisotopic (exact) mass is 200 g/mol. The molecule has 0 bridgehead atoms. The summed E-state index contributed by atoms with van der Waals surface area (Å²) in [6.45, 7) is 0. The fourth-order valence-electron chi connectivity index (χ4n) is 2.27. The molecule has 0 heterocycles. The molecule has 1 unspecified atom stereocenters. The Labute approximate surface area is 84.1 Å². The lowest BCUT2D eigenvalue weighted by molar-refractivity contribution is -0.143. The highest BCUT2D eigenvalue weighted by atomic mass is 16.4. The molecular formula is C9H17BO4. The Hall–Kier alpha value is -0.545. The fourth-order valence-corrected chi connectivity index (χ4v) is 2.27. The maximum Gasteiger partial charge on any atom is 0.451 e. The average Bonchev–Trinajstić information content (AvgIpc) is 2.51. The highest BCUT2D eigenvalue weighted by Crippen LogP contribution is 2.35. The molecule has 0 aromatic rings. The van der Waals surface area contributed by atoms with E-state index >= 15 is 0 Å². The van der Waals surface area contributed by atoms with Crippen LogP contribution in [0.1, 0.15) is 32.1 Å². The van der Waals surface area contributed by atoms with Gasteiger partial charge in [0.25, 0.3) is 0 Å². The quantitative estimate of drug-likeness (QED) is 0.572. The molecule has 0 spiro atoms. The minimum absolute atomic E-state index is 0.203. The Bertz CT molecular complexity index is 195. The Kier molecular flexibility index (Phi) is 4.42. The predicted octanol–water partition coefficient (Wildman–Crippen LogP) is 0.740. The van der Waals surface area contributed by atoms with E-state index < -0.39 is 13.1 Å². The number of aliphatic carboxylic acids is 1. The van der Waals surface area contributed by atoms with Gasteiger partial charge in [-0.3, -0.25) is 4.79 Å². The van der Waals surface area contributed by atoms with Crippen molar-refractivity contribution < 1.29 is 19.9 Å². The maximum atomic E-state index is 10.8. The summed E-state index contributed by atoms with van der Waals surface area (Å²) in [5.74, 6) is -0.658. The van der Waals surface area contributed by atoms with Crippen LogP contribution in [0, 0.1) is 11.8 Å². The van der Waals surface area contributed by atoms with Gasteiger partial charge in [-0.1, -0.05) is 19.3 Å². The standard InChI is InChI=1S/C9H17BO4/c11-9(12)8-5-1-3-7(8)4-2-6-10(13)14/h7-8,13-14H,1-6H2,(H,11,12)/t7-,8?/m1/s1. The molecule has 0 aliphatic heterocycles. The SMILES string of the molecule is O=C(O)C1CCC[C@@H]1CCCB(O)O. The van der Waals surface area contributed by atoms with E-state index in [0.29, 0.717) is 12.7 Å². The molecule has 2 atom stereocenters. The first-order valence-corrected chi connectivity index (χ1v) is 5.20. The van der Waals surface area contributed by atoms with Crippen molar-refractivity contribution >= 4 is 13.1 Å². The molecule has 1 rings (SSSR count). The number of hydrogen-bond donors (Lipinski definition) is 3.